The topological polar surface area (TPSA) is 67.6 Å². The Morgan fingerprint density at radius 2 is 2.07 bits per heavy atom. The number of hydrogen-bond donors (Lipinski definition) is 1. The molecule has 1 aromatic heterocycles. The minimum absolute atomic E-state index is 0. The van der Waals surface area contributed by atoms with E-state index in [1.807, 2.05) is 43.8 Å². The Labute approximate surface area is 186 Å². The number of rotatable bonds is 8. The number of hydrogen-bond acceptors (Lipinski definition) is 4. The molecule has 2 aromatic rings. The van der Waals surface area contributed by atoms with Crippen LogP contribution in [-0.4, -0.2) is 52.9 Å². The van der Waals surface area contributed by atoms with Crippen molar-refractivity contribution in [3.05, 3.63) is 46.0 Å². The van der Waals surface area contributed by atoms with E-state index >= 15 is 0 Å². The van der Waals surface area contributed by atoms with Crippen LogP contribution in [0.5, 0.6) is 0 Å². The Morgan fingerprint density at radius 3 is 2.70 bits per heavy atom. The zero-order chi connectivity index (χ0) is 18.9. The summed E-state index contributed by atoms with van der Waals surface area (Å²) < 4.78 is 8.17. The highest BCUT2D eigenvalue weighted by molar-refractivity contribution is 14.0. The van der Waals surface area contributed by atoms with E-state index in [0.717, 1.165) is 48.2 Å². The third-order valence-electron chi connectivity index (χ3n) is 4.09. The molecule has 0 amide bonds. The molecule has 0 aliphatic carbocycles. The van der Waals surface area contributed by atoms with Gasteiger partial charge in [-0.2, -0.15) is 0 Å². The maximum Gasteiger partial charge on any atom is 0.194 e. The lowest BCUT2D eigenvalue weighted by Crippen LogP contribution is -2.39. The normalized spacial score (nSPS) is 11.2. The van der Waals surface area contributed by atoms with Gasteiger partial charge in [0.2, 0.25) is 0 Å². The summed E-state index contributed by atoms with van der Waals surface area (Å²) in [7, 11) is 5.70. The van der Waals surface area contributed by atoms with Crippen LogP contribution >= 0.6 is 39.9 Å². The fourth-order valence-corrected chi connectivity index (χ4v) is 2.83. The average molecular weight is 551 g/mol. The van der Waals surface area contributed by atoms with Gasteiger partial charge in [0.25, 0.3) is 0 Å². The van der Waals surface area contributed by atoms with Crippen LogP contribution in [0.4, 0.5) is 0 Å². The van der Waals surface area contributed by atoms with Gasteiger partial charge in [0.05, 0.1) is 0 Å². The molecular weight excluding hydrogens is 523 g/mol. The van der Waals surface area contributed by atoms with Crippen LogP contribution in [0.25, 0.3) is 0 Å². The van der Waals surface area contributed by atoms with Crippen molar-refractivity contribution in [3.63, 3.8) is 0 Å². The van der Waals surface area contributed by atoms with Crippen LogP contribution < -0.4 is 5.32 Å². The Hall–Kier alpha value is -1.20. The van der Waals surface area contributed by atoms with Gasteiger partial charge >= 0.3 is 0 Å². The quantitative estimate of drug-likeness (QED) is 0.237. The Kier molecular flexibility index (Phi) is 10.9. The lowest BCUT2D eigenvalue weighted by atomic mass is 10.2. The molecule has 7 nitrogen and oxygen atoms in total. The molecule has 0 atom stereocenters. The van der Waals surface area contributed by atoms with Gasteiger partial charge in [0, 0.05) is 45.4 Å². The fraction of sp³-hybridized carbons (Fsp3) is 0.500. The summed E-state index contributed by atoms with van der Waals surface area (Å²) in [6.07, 6.45) is 0.918. The van der Waals surface area contributed by atoms with Crippen LogP contribution in [0.1, 0.15) is 23.6 Å². The zero-order valence-corrected chi connectivity index (χ0v) is 20.2. The first kappa shape index (κ1) is 23.8. The number of aromatic nitrogens is 3. The molecule has 1 N–H and O–H groups in total. The highest BCUT2D eigenvalue weighted by atomic mass is 127. The van der Waals surface area contributed by atoms with Crippen LogP contribution in [0.2, 0.25) is 0 Å². The molecule has 0 saturated carbocycles. The molecule has 0 aliphatic heterocycles. The van der Waals surface area contributed by atoms with Crippen molar-refractivity contribution >= 4 is 45.9 Å². The molecule has 0 radical (unpaired) electrons. The van der Waals surface area contributed by atoms with Gasteiger partial charge in [-0.1, -0.05) is 34.1 Å². The number of aryl methyl sites for hydroxylation is 1. The van der Waals surface area contributed by atoms with Gasteiger partial charge in [-0.15, -0.1) is 34.2 Å². The Morgan fingerprint density at radius 1 is 1.33 bits per heavy atom. The summed E-state index contributed by atoms with van der Waals surface area (Å²) in [5.74, 6) is 2.55. The molecule has 0 saturated heterocycles. The van der Waals surface area contributed by atoms with Crippen molar-refractivity contribution in [3.8, 4) is 0 Å². The molecule has 2 rings (SSSR count). The second kappa shape index (κ2) is 12.3. The van der Waals surface area contributed by atoms with Crippen LogP contribution in [-0.2, 0) is 24.9 Å². The van der Waals surface area contributed by atoms with Gasteiger partial charge in [0.1, 0.15) is 12.4 Å². The van der Waals surface area contributed by atoms with Crippen LogP contribution in [0.3, 0.4) is 0 Å². The number of nitrogens with one attached hydrogen (secondary N) is 1. The first-order valence-electron chi connectivity index (χ1n) is 8.59. The van der Waals surface area contributed by atoms with Gasteiger partial charge < -0.3 is 19.5 Å². The standard InChI is InChI=1S/C18H27BrN6O.HI/c1-14-22-23-17(25(14)3)12-21-18(20-10-7-11-26-4)24(2)13-15-8-5-6-9-16(15)19;/h5-6,8-9H,7,10-13H2,1-4H3,(H,20,21);1H. The minimum atomic E-state index is 0. The summed E-state index contributed by atoms with van der Waals surface area (Å²) in [6, 6.07) is 8.21. The molecule has 1 aromatic carbocycles. The molecule has 150 valence electrons. The largest absolute Gasteiger partial charge is 0.385 e. The maximum atomic E-state index is 5.12. The van der Waals surface area contributed by atoms with E-state index in [9.17, 15) is 0 Å². The first-order chi connectivity index (χ1) is 12.5. The molecule has 0 bridgehead atoms. The van der Waals surface area contributed by atoms with E-state index in [1.165, 1.54) is 5.56 Å². The highest BCUT2D eigenvalue weighted by Gasteiger charge is 2.10. The number of halogens is 2. The number of nitrogens with zero attached hydrogens (tertiary/aromatic N) is 5. The summed E-state index contributed by atoms with van der Waals surface area (Å²) >= 11 is 3.61. The van der Waals surface area contributed by atoms with Crippen LogP contribution in [0, 0.1) is 6.92 Å². The first-order valence-corrected chi connectivity index (χ1v) is 9.39. The molecule has 0 fully saturated rings. The molecular formula is C18H28BrIN6O. The second-order valence-corrected chi connectivity index (χ2v) is 6.94. The van der Waals surface area contributed by atoms with E-state index in [0.29, 0.717) is 6.54 Å². The number of methoxy groups -OCH3 is 1. The molecule has 27 heavy (non-hydrogen) atoms. The number of guanidine groups is 1. The molecule has 9 heteroatoms. The smallest absolute Gasteiger partial charge is 0.194 e. The lowest BCUT2D eigenvalue weighted by molar-refractivity contribution is 0.195. The average Bonchev–Trinajstić information content (AvgIpc) is 2.95. The van der Waals surface area contributed by atoms with E-state index < -0.39 is 0 Å². The summed E-state index contributed by atoms with van der Waals surface area (Å²) in [5.41, 5.74) is 1.20. The molecule has 0 unspecified atom stereocenters. The Balaban J connectivity index is 0.00000364. The molecule has 0 aliphatic rings. The van der Waals surface area contributed by atoms with E-state index in [4.69, 9.17) is 9.73 Å². The molecule has 1 heterocycles. The van der Waals surface area contributed by atoms with E-state index in [2.05, 4.69) is 42.4 Å². The Bertz CT molecular complexity index is 736. The fourth-order valence-electron chi connectivity index (χ4n) is 2.42. The zero-order valence-electron chi connectivity index (χ0n) is 16.3. The highest BCUT2D eigenvalue weighted by Crippen LogP contribution is 2.17. The van der Waals surface area contributed by atoms with Crippen molar-refractivity contribution in [2.45, 2.75) is 26.4 Å². The van der Waals surface area contributed by atoms with Gasteiger partial charge in [-0.3, -0.25) is 0 Å². The van der Waals surface area contributed by atoms with Crippen molar-refractivity contribution in [2.75, 3.05) is 27.3 Å². The van der Waals surface area contributed by atoms with Crippen molar-refractivity contribution in [2.24, 2.45) is 12.0 Å². The minimum Gasteiger partial charge on any atom is -0.385 e. The van der Waals surface area contributed by atoms with Crippen molar-refractivity contribution in [1.29, 1.82) is 0 Å². The van der Waals surface area contributed by atoms with Crippen molar-refractivity contribution in [1.82, 2.24) is 25.0 Å². The number of benzene rings is 1. The summed E-state index contributed by atoms with van der Waals surface area (Å²) in [6.45, 7) is 4.67. The van der Waals surface area contributed by atoms with E-state index in [1.54, 1.807) is 7.11 Å². The molecule has 0 spiro atoms. The number of aliphatic imine (C=N–C) groups is 1. The summed E-state index contributed by atoms with van der Waals surface area (Å²) in [5, 5.41) is 11.7. The van der Waals surface area contributed by atoms with Crippen LogP contribution in [0.15, 0.2) is 33.7 Å². The SMILES string of the molecule is COCCCNC(=NCc1nnc(C)n1C)N(C)Cc1ccccc1Br.I. The van der Waals surface area contributed by atoms with Gasteiger partial charge in [-0.05, 0) is 25.0 Å². The third-order valence-corrected chi connectivity index (χ3v) is 4.86. The lowest BCUT2D eigenvalue weighted by Gasteiger charge is -2.23. The predicted octanol–water partition coefficient (Wildman–Crippen LogP) is 3.12. The number of ether oxygens (including phenoxy) is 1. The predicted molar refractivity (Wildman–Crippen MR) is 122 cm³/mol. The third kappa shape index (κ3) is 7.38. The summed E-state index contributed by atoms with van der Waals surface area (Å²) in [4.78, 5) is 6.85. The van der Waals surface area contributed by atoms with E-state index in [-0.39, 0.29) is 24.0 Å². The van der Waals surface area contributed by atoms with Gasteiger partial charge in [0.15, 0.2) is 11.8 Å². The van der Waals surface area contributed by atoms with Crippen molar-refractivity contribution < 1.29 is 4.74 Å². The monoisotopic (exact) mass is 550 g/mol. The maximum absolute atomic E-state index is 5.12. The second-order valence-electron chi connectivity index (χ2n) is 6.08. The van der Waals surface area contributed by atoms with Gasteiger partial charge in [-0.25, -0.2) is 4.99 Å².